The van der Waals surface area contributed by atoms with Crippen molar-refractivity contribution < 1.29 is 4.79 Å². The van der Waals surface area contributed by atoms with Gasteiger partial charge in [0.05, 0.1) is 5.92 Å². The van der Waals surface area contributed by atoms with Gasteiger partial charge >= 0.3 is 0 Å². The molecular weight excluding hydrogens is 128 g/mol. The summed E-state index contributed by atoms with van der Waals surface area (Å²) in [6.45, 7) is 0.767. The third-order valence-corrected chi connectivity index (χ3v) is 1.80. The molecule has 1 aliphatic heterocycles. The van der Waals surface area contributed by atoms with E-state index >= 15 is 0 Å². The van der Waals surface area contributed by atoms with E-state index in [1.54, 1.807) is 0 Å². The average Bonchev–Trinajstić information content (AvgIpc) is 2.36. The molecule has 1 atom stereocenters. The number of carbonyl (C=O) groups is 1. The largest absolute Gasteiger partial charge is 0.290 e. The Hall–Kier alpha value is -1.09. The Kier molecular flexibility index (Phi) is 1.11. The van der Waals surface area contributed by atoms with Crippen LogP contribution in [0.25, 0.3) is 0 Å². The molecule has 0 aromatic heterocycles. The van der Waals surface area contributed by atoms with Crippen LogP contribution in [0.2, 0.25) is 0 Å². The fourth-order valence-corrected chi connectivity index (χ4v) is 1.25. The van der Waals surface area contributed by atoms with Crippen LogP contribution in [0.3, 0.4) is 0 Å². The normalized spacial score (nSPS) is 29.4. The van der Waals surface area contributed by atoms with E-state index in [4.69, 9.17) is 0 Å². The summed E-state index contributed by atoms with van der Waals surface area (Å²) in [4.78, 5) is 11.0. The van der Waals surface area contributed by atoms with Crippen LogP contribution in [-0.2, 0) is 4.79 Å². The number of amides is 1. The van der Waals surface area contributed by atoms with E-state index in [0.29, 0.717) is 0 Å². The molecule has 3 heteroatoms. The fourth-order valence-electron chi connectivity index (χ4n) is 1.25. The molecule has 0 aromatic rings. The first-order valence-corrected chi connectivity index (χ1v) is 3.28. The minimum atomic E-state index is 0.00116. The lowest BCUT2D eigenvalue weighted by atomic mass is 10.0. The quantitative estimate of drug-likeness (QED) is 0.481. The second-order valence-corrected chi connectivity index (χ2v) is 2.45. The van der Waals surface area contributed by atoms with E-state index in [1.165, 1.54) is 0 Å². The van der Waals surface area contributed by atoms with E-state index in [2.05, 4.69) is 10.9 Å². The van der Waals surface area contributed by atoms with Gasteiger partial charge < -0.3 is 0 Å². The first kappa shape index (κ1) is 5.68. The van der Waals surface area contributed by atoms with Crippen LogP contribution in [-0.4, -0.2) is 12.5 Å². The van der Waals surface area contributed by atoms with Crippen molar-refractivity contribution in [2.75, 3.05) is 6.54 Å². The van der Waals surface area contributed by atoms with Gasteiger partial charge in [-0.3, -0.25) is 10.2 Å². The van der Waals surface area contributed by atoms with Gasteiger partial charge in [0, 0.05) is 6.54 Å². The van der Waals surface area contributed by atoms with Gasteiger partial charge in [0.1, 0.15) is 0 Å². The van der Waals surface area contributed by atoms with E-state index < -0.39 is 0 Å². The minimum absolute atomic E-state index is 0.00116. The summed E-state index contributed by atoms with van der Waals surface area (Å²) in [5.41, 5.74) is 6.53. The highest BCUT2D eigenvalue weighted by molar-refractivity contribution is 5.85. The highest BCUT2D eigenvalue weighted by Gasteiger charge is 2.25. The molecule has 2 aliphatic rings. The number of fused-ring (bicyclic) bond motifs is 1. The van der Waals surface area contributed by atoms with Crippen molar-refractivity contribution in [3.05, 3.63) is 23.8 Å². The summed E-state index contributed by atoms with van der Waals surface area (Å²) in [5.74, 6) is 0.0486. The maximum Gasteiger partial charge on any atom is 0.245 e. The second kappa shape index (κ2) is 1.95. The number of nitrogens with one attached hydrogen (secondary N) is 2. The predicted octanol–water partition coefficient (Wildman–Crippen LogP) is -0.267. The Morgan fingerprint density at radius 1 is 1.60 bits per heavy atom. The van der Waals surface area contributed by atoms with Crippen molar-refractivity contribution in [1.82, 2.24) is 10.9 Å². The number of hydrogen-bond donors (Lipinski definition) is 2. The first-order valence-electron chi connectivity index (χ1n) is 3.28. The molecule has 1 saturated heterocycles. The van der Waals surface area contributed by atoms with Gasteiger partial charge in [0.2, 0.25) is 5.91 Å². The van der Waals surface area contributed by atoms with Crippen LogP contribution in [0.5, 0.6) is 0 Å². The van der Waals surface area contributed by atoms with E-state index in [-0.39, 0.29) is 11.8 Å². The predicted molar refractivity (Wildman–Crippen MR) is 36.9 cm³/mol. The lowest BCUT2D eigenvalue weighted by molar-refractivity contribution is -0.124. The molecule has 2 N–H and O–H groups in total. The molecule has 1 fully saturated rings. The molecule has 10 heavy (non-hydrogen) atoms. The van der Waals surface area contributed by atoms with Gasteiger partial charge in [-0.25, -0.2) is 5.43 Å². The second-order valence-electron chi connectivity index (χ2n) is 2.45. The van der Waals surface area contributed by atoms with Crippen LogP contribution in [0.4, 0.5) is 0 Å². The van der Waals surface area contributed by atoms with Crippen molar-refractivity contribution in [3.63, 3.8) is 0 Å². The van der Waals surface area contributed by atoms with E-state index in [0.717, 1.165) is 12.1 Å². The molecular formula is C7H8N2O. The Balaban J connectivity index is 2.27. The fraction of sp³-hybridized carbons (Fsp3) is 0.286. The van der Waals surface area contributed by atoms with Crippen molar-refractivity contribution in [2.45, 2.75) is 0 Å². The average molecular weight is 136 g/mol. The van der Waals surface area contributed by atoms with Crippen molar-refractivity contribution in [2.24, 2.45) is 5.92 Å². The topological polar surface area (TPSA) is 41.1 Å². The number of hydrogen-bond acceptors (Lipinski definition) is 2. The molecule has 2 rings (SSSR count). The molecule has 0 bridgehead atoms. The standard InChI is InChI=1S/C7H8N2O/c10-7-6-3-1-2-5(6)4-8-9-7/h1-3,6,8H,4H2,(H,9,10). The highest BCUT2D eigenvalue weighted by Crippen LogP contribution is 2.20. The van der Waals surface area contributed by atoms with Crippen molar-refractivity contribution >= 4 is 5.91 Å². The molecule has 0 radical (unpaired) electrons. The van der Waals surface area contributed by atoms with Crippen LogP contribution in [0, 0.1) is 5.92 Å². The Labute approximate surface area is 58.8 Å². The minimum Gasteiger partial charge on any atom is -0.290 e. The first-order chi connectivity index (χ1) is 4.88. The molecule has 0 aromatic carbocycles. The van der Waals surface area contributed by atoms with Gasteiger partial charge in [-0.05, 0) is 5.57 Å². The zero-order valence-electron chi connectivity index (χ0n) is 5.42. The van der Waals surface area contributed by atoms with Gasteiger partial charge in [-0.1, -0.05) is 18.2 Å². The number of allylic oxidation sites excluding steroid dienone is 2. The molecule has 1 amide bonds. The lowest BCUT2D eigenvalue weighted by Gasteiger charge is -2.20. The summed E-state index contributed by atoms with van der Waals surface area (Å²) in [5, 5.41) is 0. The maximum absolute atomic E-state index is 11.0. The molecule has 0 saturated carbocycles. The Morgan fingerprint density at radius 3 is 3.30 bits per heavy atom. The summed E-state index contributed by atoms with van der Waals surface area (Å²) in [6, 6.07) is 0. The molecule has 1 unspecified atom stereocenters. The Bertz CT molecular complexity index is 230. The third kappa shape index (κ3) is 0.675. The van der Waals surface area contributed by atoms with Crippen molar-refractivity contribution in [3.8, 4) is 0 Å². The molecule has 0 spiro atoms. The lowest BCUT2D eigenvalue weighted by Crippen LogP contribution is -2.47. The van der Waals surface area contributed by atoms with Crippen LogP contribution < -0.4 is 10.9 Å². The van der Waals surface area contributed by atoms with Crippen LogP contribution >= 0.6 is 0 Å². The summed E-state index contributed by atoms with van der Waals surface area (Å²) in [6.07, 6.45) is 5.81. The van der Waals surface area contributed by atoms with Gasteiger partial charge in [0.15, 0.2) is 0 Å². The zero-order chi connectivity index (χ0) is 6.97. The highest BCUT2D eigenvalue weighted by atomic mass is 16.2. The number of carbonyl (C=O) groups excluding carboxylic acids is 1. The zero-order valence-corrected chi connectivity index (χ0v) is 5.42. The smallest absolute Gasteiger partial charge is 0.245 e. The molecule has 3 nitrogen and oxygen atoms in total. The summed E-state index contributed by atoms with van der Waals surface area (Å²) < 4.78 is 0. The Morgan fingerprint density at radius 2 is 2.50 bits per heavy atom. The summed E-state index contributed by atoms with van der Waals surface area (Å²) in [7, 11) is 0. The number of hydrazine groups is 1. The van der Waals surface area contributed by atoms with Crippen LogP contribution in [0.15, 0.2) is 23.8 Å². The van der Waals surface area contributed by atoms with Gasteiger partial charge in [-0.2, -0.15) is 0 Å². The molecule has 1 heterocycles. The van der Waals surface area contributed by atoms with Crippen molar-refractivity contribution in [1.29, 1.82) is 0 Å². The van der Waals surface area contributed by atoms with Gasteiger partial charge in [0.25, 0.3) is 0 Å². The maximum atomic E-state index is 11.0. The number of rotatable bonds is 0. The third-order valence-electron chi connectivity index (χ3n) is 1.80. The SMILES string of the molecule is O=C1NNCC2=CC=CC12. The molecule has 52 valence electrons. The van der Waals surface area contributed by atoms with E-state index in [1.807, 2.05) is 18.2 Å². The van der Waals surface area contributed by atoms with Crippen LogP contribution in [0.1, 0.15) is 0 Å². The van der Waals surface area contributed by atoms with E-state index in [9.17, 15) is 4.79 Å². The summed E-state index contributed by atoms with van der Waals surface area (Å²) >= 11 is 0. The monoisotopic (exact) mass is 136 g/mol. The van der Waals surface area contributed by atoms with Gasteiger partial charge in [-0.15, -0.1) is 0 Å². The molecule has 1 aliphatic carbocycles.